The van der Waals surface area contributed by atoms with Crippen LogP contribution in [-0.2, 0) is 6.54 Å². The average Bonchev–Trinajstić information content (AvgIpc) is 3.25. The van der Waals surface area contributed by atoms with E-state index in [9.17, 15) is 0 Å². The summed E-state index contributed by atoms with van der Waals surface area (Å²) >= 11 is 0. The van der Waals surface area contributed by atoms with Gasteiger partial charge in [0.2, 0.25) is 5.95 Å². The molecule has 0 amide bonds. The number of hydrogen-bond acceptors (Lipinski definition) is 8. The van der Waals surface area contributed by atoms with Crippen LogP contribution in [0, 0.1) is 0 Å². The van der Waals surface area contributed by atoms with Gasteiger partial charge in [-0.05, 0) is 49.1 Å². The lowest BCUT2D eigenvalue weighted by atomic mass is 9.92. The number of hydrogen-bond donors (Lipinski definition) is 3. The number of anilines is 3. The highest BCUT2D eigenvalue weighted by Crippen LogP contribution is 2.29. The van der Waals surface area contributed by atoms with Crippen LogP contribution in [0.1, 0.15) is 24.8 Å². The summed E-state index contributed by atoms with van der Waals surface area (Å²) in [7, 11) is 2.12. The predicted molar refractivity (Wildman–Crippen MR) is 146 cm³/mol. The van der Waals surface area contributed by atoms with E-state index in [-0.39, 0.29) is 12.4 Å². The van der Waals surface area contributed by atoms with Crippen LogP contribution in [0.3, 0.4) is 0 Å². The summed E-state index contributed by atoms with van der Waals surface area (Å²) in [5.41, 5.74) is 5.04. The number of benzene rings is 1. The first kappa shape index (κ1) is 24.4. The number of nitrogens with zero attached hydrogens (tertiary/aromatic N) is 6. The maximum atomic E-state index is 4.71. The van der Waals surface area contributed by atoms with Crippen molar-refractivity contribution in [2.75, 3.05) is 43.4 Å². The lowest BCUT2D eigenvalue weighted by Crippen LogP contribution is -2.42. The van der Waals surface area contributed by atoms with Gasteiger partial charge in [-0.1, -0.05) is 6.07 Å². The largest absolute Gasteiger partial charge is 0.357 e. The minimum Gasteiger partial charge on any atom is -0.357 e. The lowest BCUT2D eigenvalue weighted by molar-refractivity contribution is 0.233. The molecule has 3 N–H and O–H groups in total. The molecule has 36 heavy (non-hydrogen) atoms. The highest BCUT2D eigenvalue weighted by molar-refractivity contribution is 5.85. The van der Waals surface area contributed by atoms with Crippen LogP contribution in [0.4, 0.5) is 17.6 Å². The molecule has 10 heteroatoms. The second-order valence-electron chi connectivity index (χ2n) is 9.47. The second-order valence-corrected chi connectivity index (χ2v) is 9.47. The van der Waals surface area contributed by atoms with Crippen molar-refractivity contribution >= 4 is 41.0 Å². The highest BCUT2D eigenvalue weighted by Gasteiger charge is 2.23. The molecule has 188 valence electrons. The van der Waals surface area contributed by atoms with Gasteiger partial charge < -0.3 is 20.5 Å². The number of aromatic nitrogens is 5. The van der Waals surface area contributed by atoms with E-state index < -0.39 is 0 Å². The number of imidazole rings is 1. The van der Waals surface area contributed by atoms with Gasteiger partial charge in [0.05, 0.1) is 16.7 Å². The van der Waals surface area contributed by atoms with Crippen molar-refractivity contribution in [3.05, 3.63) is 54.5 Å². The molecule has 1 saturated heterocycles. The first-order valence-corrected chi connectivity index (χ1v) is 12.4. The molecule has 2 aliphatic rings. The standard InChI is InChI=1S/C26H31N9.ClH/c1-34(20-3-2-4-20)25-15-22(29-17-30-25)19-5-6-21-23(14-19)32-26(31-21)33-24-13-18(7-8-28-24)16-35-11-9-27-10-12-35;/h5-8,13-15,17,20,27H,2-4,9-12,16H2,1H3,(H2,28,31,32,33);1H. The number of pyridine rings is 1. The van der Waals surface area contributed by atoms with Gasteiger partial charge in [-0.15, -0.1) is 12.4 Å². The smallest absolute Gasteiger partial charge is 0.206 e. The summed E-state index contributed by atoms with van der Waals surface area (Å²) in [6.45, 7) is 5.16. The summed E-state index contributed by atoms with van der Waals surface area (Å²) in [4.78, 5) is 26.4. The van der Waals surface area contributed by atoms with Gasteiger partial charge in [-0.2, -0.15) is 0 Å². The molecule has 0 atom stereocenters. The minimum absolute atomic E-state index is 0. The molecule has 6 rings (SSSR count). The van der Waals surface area contributed by atoms with Crippen LogP contribution in [-0.4, -0.2) is 69.1 Å². The van der Waals surface area contributed by atoms with Crippen LogP contribution in [0.2, 0.25) is 0 Å². The van der Waals surface area contributed by atoms with Crippen LogP contribution >= 0.6 is 12.4 Å². The number of H-pyrrole nitrogens is 1. The summed E-state index contributed by atoms with van der Waals surface area (Å²) in [5, 5.41) is 6.74. The number of rotatable bonds is 7. The van der Waals surface area contributed by atoms with Gasteiger partial charge in [0.1, 0.15) is 18.0 Å². The van der Waals surface area contributed by atoms with Crippen molar-refractivity contribution < 1.29 is 0 Å². The third-order valence-corrected chi connectivity index (χ3v) is 7.10. The maximum absolute atomic E-state index is 4.71. The maximum Gasteiger partial charge on any atom is 0.206 e. The summed E-state index contributed by atoms with van der Waals surface area (Å²) in [5.74, 6) is 2.44. The summed E-state index contributed by atoms with van der Waals surface area (Å²) in [6.07, 6.45) is 7.28. The van der Waals surface area contributed by atoms with Gasteiger partial charge >= 0.3 is 0 Å². The molecule has 0 spiro atoms. The molecule has 1 aliphatic carbocycles. The Bertz CT molecular complexity index is 1310. The van der Waals surface area contributed by atoms with E-state index in [1.165, 1.54) is 24.8 Å². The predicted octanol–water partition coefficient (Wildman–Crippen LogP) is 3.97. The fourth-order valence-corrected chi connectivity index (χ4v) is 4.78. The number of fused-ring (bicyclic) bond motifs is 1. The molecule has 1 aliphatic heterocycles. The first-order valence-electron chi connectivity index (χ1n) is 12.4. The van der Waals surface area contributed by atoms with E-state index in [1.807, 2.05) is 12.3 Å². The Morgan fingerprint density at radius 3 is 2.72 bits per heavy atom. The SMILES string of the molecule is CN(c1cc(-c2ccc3nc(Nc4cc(CN5CCNCC5)ccn4)[nH]c3c2)ncn1)C1CCC1.Cl. The van der Waals surface area contributed by atoms with E-state index in [0.29, 0.717) is 12.0 Å². The Morgan fingerprint density at radius 2 is 1.92 bits per heavy atom. The highest BCUT2D eigenvalue weighted by atomic mass is 35.5. The Morgan fingerprint density at radius 1 is 1.06 bits per heavy atom. The van der Waals surface area contributed by atoms with Crippen molar-refractivity contribution in [2.24, 2.45) is 0 Å². The fourth-order valence-electron chi connectivity index (χ4n) is 4.78. The number of piperazine rings is 1. The first-order chi connectivity index (χ1) is 17.2. The molecular weight excluding hydrogens is 474 g/mol. The number of halogens is 1. The number of nitrogens with one attached hydrogen (secondary N) is 3. The van der Waals surface area contributed by atoms with Crippen molar-refractivity contribution in [2.45, 2.75) is 31.8 Å². The Labute approximate surface area is 217 Å². The topological polar surface area (TPSA) is 97.9 Å². The molecule has 1 aromatic carbocycles. The molecule has 4 heterocycles. The zero-order chi connectivity index (χ0) is 23.6. The average molecular weight is 506 g/mol. The molecule has 1 saturated carbocycles. The molecule has 0 bridgehead atoms. The summed E-state index contributed by atoms with van der Waals surface area (Å²) < 4.78 is 0. The van der Waals surface area contributed by atoms with Crippen molar-refractivity contribution in [1.29, 1.82) is 0 Å². The summed E-state index contributed by atoms with van der Waals surface area (Å²) in [6, 6.07) is 13.0. The van der Waals surface area contributed by atoms with Crippen LogP contribution < -0.4 is 15.5 Å². The fraction of sp³-hybridized carbons (Fsp3) is 0.385. The lowest BCUT2D eigenvalue weighted by Gasteiger charge is -2.35. The second kappa shape index (κ2) is 10.8. The van der Waals surface area contributed by atoms with Crippen molar-refractivity contribution in [1.82, 2.24) is 35.1 Å². The van der Waals surface area contributed by atoms with Gasteiger partial charge in [-0.3, -0.25) is 4.90 Å². The zero-order valence-electron chi connectivity index (χ0n) is 20.4. The number of aromatic amines is 1. The van der Waals surface area contributed by atoms with E-state index in [4.69, 9.17) is 4.98 Å². The Kier molecular flexibility index (Phi) is 7.31. The minimum atomic E-state index is 0. The van der Waals surface area contributed by atoms with Gasteiger partial charge in [-0.25, -0.2) is 19.9 Å². The molecule has 4 aromatic rings. The molecule has 2 fully saturated rings. The van der Waals surface area contributed by atoms with Gasteiger partial charge in [0.25, 0.3) is 0 Å². The molecule has 0 radical (unpaired) electrons. The van der Waals surface area contributed by atoms with Crippen LogP contribution in [0.5, 0.6) is 0 Å². The molecule has 3 aromatic heterocycles. The molecule has 9 nitrogen and oxygen atoms in total. The Hall–Kier alpha value is -3.27. The van der Waals surface area contributed by atoms with E-state index in [1.54, 1.807) is 6.33 Å². The van der Waals surface area contributed by atoms with Gasteiger partial charge in [0, 0.05) is 63.6 Å². The monoisotopic (exact) mass is 505 g/mol. The quantitative estimate of drug-likeness (QED) is 0.347. The van der Waals surface area contributed by atoms with Crippen LogP contribution in [0.15, 0.2) is 48.9 Å². The van der Waals surface area contributed by atoms with E-state index in [0.717, 1.165) is 66.7 Å². The molecule has 0 unspecified atom stereocenters. The van der Waals surface area contributed by atoms with Crippen molar-refractivity contribution in [3.8, 4) is 11.3 Å². The Balaban J connectivity index is 0.00000267. The third-order valence-electron chi connectivity index (χ3n) is 7.10. The zero-order valence-corrected chi connectivity index (χ0v) is 21.3. The normalized spacial score (nSPS) is 16.4. The van der Waals surface area contributed by atoms with E-state index >= 15 is 0 Å². The van der Waals surface area contributed by atoms with Crippen LogP contribution in [0.25, 0.3) is 22.3 Å². The van der Waals surface area contributed by atoms with Crippen molar-refractivity contribution in [3.63, 3.8) is 0 Å². The van der Waals surface area contributed by atoms with Gasteiger partial charge in [0.15, 0.2) is 0 Å². The van der Waals surface area contributed by atoms with E-state index in [2.05, 4.69) is 77.7 Å². The molecular formula is C26H32ClN9. The third kappa shape index (κ3) is 5.28.